The molecule has 3 N–H and O–H groups in total. The van der Waals surface area contributed by atoms with Gasteiger partial charge in [0.2, 0.25) is 0 Å². The highest BCUT2D eigenvalue weighted by atomic mass is 16.5. The number of hydrogen-bond acceptors (Lipinski definition) is 4. The average molecular weight is 365 g/mol. The van der Waals surface area contributed by atoms with Crippen LogP contribution in [0, 0.1) is 0 Å². The first-order valence-electron chi connectivity index (χ1n) is 9.16. The van der Waals surface area contributed by atoms with Crippen LogP contribution in [-0.2, 0) is 6.54 Å². The number of nitrogens with one attached hydrogen (secondary N) is 3. The van der Waals surface area contributed by atoms with Crippen LogP contribution in [0.1, 0.15) is 18.5 Å². The number of nitrogens with zero attached hydrogens (tertiary/aromatic N) is 2. The summed E-state index contributed by atoms with van der Waals surface area (Å²) in [5, 5.41) is 5.83. The molecule has 0 saturated carbocycles. The Balaban J connectivity index is 1.41. The fourth-order valence-electron chi connectivity index (χ4n) is 3.26. The van der Waals surface area contributed by atoms with Crippen molar-refractivity contribution in [2.75, 3.05) is 29.9 Å². The molecule has 2 aliphatic rings. The number of urea groups is 1. The van der Waals surface area contributed by atoms with Gasteiger partial charge in [-0.1, -0.05) is 23.8 Å². The van der Waals surface area contributed by atoms with E-state index in [1.807, 2.05) is 30.5 Å². The molecule has 4 rings (SSSR count). The minimum absolute atomic E-state index is 0.206. The molecular formula is C20H23N5O2. The van der Waals surface area contributed by atoms with Crippen molar-refractivity contribution >= 4 is 17.4 Å². The van der Waals surface area contributed by atoms with Crippen LogP contribution >= 0.6 is 0 Å². The highest BCUT2D eigenvalue weighted by Crippen LogP contribution is 2.34. The van der Waals surface area contributed by atoms with Gasteiger partial charge in [0.1, 0.15) is 12.4 Å². The molecule has 1 aromatic carbocycles. The maximum absolute atomic E-state index is 12.2. The molecule has 0 radical (unpaired) electrons. The summed E-state index contributed by atoms with van der Waals surface area (Å²) in [5.74, 6) is 0.825. The lowest BCUT2D eigenvalue weighted by Crippen LogP contribution is -2.33. The summed E-state index contributed by atoms with van der Waals surface area (Å²) in [6.07, 6.45) is 11.8. The van der Waals surface area contributed by atoms with E-state index >= 15 is 0 Å². The zero-order chi connectivity index (χ0) is 18.5. The molecule has 1 aromatic heterocycles. The molecule has 27 heavy (non-hydrogen) atoms. The van der Waals surface area contributed by atoms with E-state index in [-0.39, 0.29) is 6.03 Å². The van der Waals surface area contributed by atoms with E-state index in [1.54, 1.807) is 6.33 Å². The average Bonchev–Trinajstić information content (AvgIpc) is 3.21. The Morgan fingerprint density at radius 2 is 2.33 bits per heavy atom. The van der Waals surface area contributed by atoms with E-state index < -0.39 is 0 Å². The number of ether oxygens (including phenoxy) is 1. The van der Waals surface area contributed by atoms with Crippen LogP contribution in [0.5, 0.6) is 5.75 Å². The highest BCUT2D eigenvalue weighted by Gasteiger charge is 2.19. The molecule has 0 spiro atoms. The van der Waals surface area contributed by atoms with Crippen molar-refractivity contribution in [2.45, 2.75) is 19.4 Å². The van der Waals surface area contributed by atoms with Gasteiger partial charge >= 0.3 is 6.03 Å². The van der Waals surface area contributed by atoms with Gasteiger partial charge in [-0.3, -0.25) is 0 Å². The second-order valence-electron chi connectivity index (χ2n) is 6.63. The third-order valence-electron chi connectivity index (χ3n) is 4.67. The molecule has 0 atom stereocenters. The van der Waals surface area contributed by atoms with E-state index in [4.69, 9.17) is 4.74 Å². The molecule has 0 bridgehead atoms. The van der Waals surface area contributed by atoms with Gasteiger partial charge in [-0.05, 0) is 31.0 Å². The van der Waals surface area contributed by atoms with Crippen molar-refractivity contribution in [3.63, 3.8) is 0 Å². The molecular weight excluding hydrogens is 342 g/mol. The summed E-state index contributed by atoms with van der Waals surface area (Å²) < 4.78 is 5.75. The topological polar surface area (TPSA) is 82.3 Å². The largest absolute Gasteiger partial charge is 0.490 e. The first-order valence-corrected chi connectivity index (χ1v) is 9.16. The number of allylic oxidation sites excluding steroid dienone is 3. The van der Waals surface area contributed by atoms with Crippen LogP contribution < -0.4 is 20.3 Å². The van der Waals surface area contributed by atoms with Crippen molar-refractivity contribution in [3.8, 4) is 5.75 Å². The summed E-state index contributed by atoms with van der Waals surface area (Å²) in [6, 6.07) is 5.51. The summed E-state index contributed by atoms with van der Waals surface area (Å²) in [6.45, 7) is 2.70. The Kier molecular flexibility index (Phi) is 5.09. The number of carbonyl (C=O) groups excluding carboxylic acids is 1. The molecule has 1 aliphatic carbocycles. The molecule has 1 aliphatic heterocycles. The number of rotatable bonds is 5. The lowest BCUT2D eigenvalue weighted by molar-refractivity contribution is 0.252. The molecule has 2 aromatic rings. The third-order valence-corrected chi connectivity index (χ3v) is 4.67. The molecule has 0 fully saturated rings. The van der Waals surface area contributed by atoms with Crippen LogP contribution in [0.4, 0.5) is 16.2 Å². The Labute approximate surface area is 158 Å². The molecule has 2 heterocycles. The third kappa shape index (κ3) is 4.31. The van der Waals surface area contributed by atoms with Crippen LogP contribution in [0.25, 0.3) is 0 Å². The fraction of sp³-hybridized carbons (Fsp3) is 0.300. The van der Waals surface area contributed by atoms with Gasteiger partial charge in [-0.2, -0.15) is 0 Å². The summed E-state index contributed by atoms with van der Waals surface area (Å²) in [4.78, 5) is 21.7. The fourth-order valence-corrected chi connectivity index (χ4v) is 3.26. The van der Waals surface area contributed by atoms with Gasteiger partial charge < -0.3 is 25.3 Å². The van der Waals surface area contributed by atoms with Gasteiger partial charge in [0.05, 0.1) is 30.8 Å². The quantitative estimate of drug-likeness (QED) is 0.760. The molecule has 7 nitrogen and oxygen atoms in total. The van der Waals surface area contributed by atoms with E-state index in [1.165, 1.54) is 5.57 Å². The number of aromatic amines is 1. The lowest BCUT2D eigenvalue weighted by atomic mass is 10.1. The van der Waals surface area contributed by atoms with Crippen molar-refractivity contribution in [1.29, 1.82) is 0 Å². The first-order chi connectivity index (χ1) is 13.3. The van der Waals surface area contributed by atoms with Crippen LogP contribution in [-0.4, -0.2) is 35.7 Å². The van der Waals surface area contributed by atoms with Gasteiger partial charge in [-0.15, -0.1) is 0 Å². The smallest absolute Gasteiger partial charge is 0.319 e. The number of H-pyrrole nitrogens is 1. The van der Waals surface area contributed by atoms with E-state index in [0.717, 1.165) is 42.2 Å². The Hall–Kier alpha value is -3.22. The number of amides is 2. The van der Waals surface area contributed by atoms with E-state index in [0.29, 0.717) is 19.7 Å². The summed E-state index contributed by atoms with van der Waals surface area (Å²) in [5.41, 5.74) is 3.98. The van der Waals surface area contributed by atoms with Crippen LogP contribution in [0.15, 0.2) is 54.5 Å². The van der Waals surface area contributed by atoms with Crippen LogP contribution in [0.2, 0.25) is 0 Å². The Morgan fingerprint density at radius 1 is 1.37 bits per heavy atom. The first kappa shape index (κ1) is 17.2. The van der Waals surface area contributed by atoms with Gasteiger partial charge in [0.25, 0.3) is 0 Å². The molecule has 0 unspecified atom stereocenters. The van der Waals surface area contributed by atoms with E-state index in [2.05, 4.69) is 37.7 Å². The maximum atomic E-state index is 12.2. The maximum Gasteiger partial charge on any atom is 0.319 e. The van der Waals surface area contributed by atoms with Crippen molar-refractivity contribution in [2.24, 2.45) is 0 Å². The second kappa shape index (κ2) is 7.99. The van der Waals surface area contributed by atoms with Crippen molar-refractivity contribution in [1.82, 2.24) is 15.3 Å². The molecule has 2 amide bonds. The number of anilines is 2. The predicted octanol–water partition coefficient (Wildman–Crippen LogP) is 3.21. The number of fused-ring (bicyclic) bond motifs is 1. The zero-order valence-corrected chi connectivity index (χ0v) is 15.1. The number of hydrogen-bond donors (Lipinski definition) is 3. The molecule has 0 saturated heterocycles. The predicted molar refractivity (Wildman–Crippen MR) is 105 cm³/mol. The highest BCUT2D eigenvalue weighted by molar-refractivity contribution is 5.90. The lowest BCUT2D eigenvalue weighted by Gasteiger charge is -2.31. The zero-order valence-electron chi connectivity index (χ0n) is 15.1. The number of carbonyl (C=O) groups is 1. The van der Waals surface area contributed by atoms with Crippen molar-refractivity contribution < 1.29 is 9.53 Å². The summed E-state index contributed by atoms with van der Waals surface area (Å²) in [7, 11) is 0. The van der Waals surface area contributed by atoms with Crippen LogP contribution in [0.3, 0.4) is 0 Å². The van der Waals surface area contributed by atoms with Gasteiger partial charge in [0, 0.05) is 18.4 Å². The number of aromatic nitrogens is 2. The molecule has 7 heteroatoms. The normalized spacial score (nSPS) is 15.6. The van der Waals surface area contributed by atoms with E-state index in [9.17, 15) is 4.79 Å². The van der Waals surface area contributed by atoms with Crippen molar-refractivity contribution in [3.05, 3.63) is 60.2 Å². The number of benzene rings is 1. The summed E-state index contributed by atoms with van der Waals surface area (Å²) >= 11 is 0. The minimum atomic E-state index is -0.206. The van der Waals surface area contributed by atoms with Gasteiger partial charge in [0.15, 0.2) is 0 Å². The monoisotopic (exact) mass is 365 g/mol. The molecule has 140 valence electrons. The minimum Gasteiger partial charge on any atom is -0.490 e. The Bertz CT molecular complexity index is 857. The second-order valence-corrected chi connectivity index (χ2v) is 6.63. The Morgan fingerprint density at radius 3 is 3.15 bits per heavy atom. The number of imidazole rings is 1. The van der Waals surface area contributed by atoms with Gasteiger partial charge in [-0.25, -0.2) is 9.78 Å². The standard InChI is InChI=1S/C20H23N5O2/c26-20(22-11-15-4-2-1-3-5-15)24-16-6-7-19-18(10-16)25(8-9-27-19)13-17-12-21-14-23-17/h1-2,4,6-7,10,12,14H,3,5,8-9,11,13H2,(H,21,23)(H2,22,24,26). The SMILES string of the molecule is O=C(NCC1=CC=CCC1)Nc1ccc2c(c1)N(Cc1cnc[nH]1)CCO2.